The van der Waals surface area contributed by atoms with Gasteiger partial charge in [0.1, 0.15) is 0 Å². The van der Waals surface area contributed by atoms with Crippen LogP contribution < -0.4 is 10.6 Å². The normalized spacial score (nSPS) is 9.50. The summed E-state index contributed by atoms with van der Waals surface area (Å²) in [6.45, 7) is 1.33. The fourth-order valence-corrected chi connectivity index (χ4v) is 2.52. The van der Waals surface area contributed by atoms with Crippen molar-refractivity contribution in [2.45, 2.75) is 12.8 Å². The van der Waals surface area contributed by atoms with Crippen molar-refractivity contribution in [3.05, 3.63) is 34.9 Å². The topological polar surface area (TPSA) is 66.9 Å². The molecule has 2 aromatic heterocycles. The zero-order valence-corrected chi connectivity index (χ0v) is 14.7. The van der Waals surface area contributed by atoms with Gasteiger partial charge >= 0.3 is 0 Å². The molecule has 0 aliphatic carbocycles. The molecule has 0 aromatic carbocycles. The average Bonchev–Trinajstić information content (AvgIpc) is 2.95. The van der Waals surface area contributed by atoms with Gasteiger partial charge in [0.2, 0.25) is 5.91 Å². The van der Waals surface area contributed by atoms with Crippen LogP contribution in [0.5, 0.6) is 0 Å². The maximum atomic E-state index is 11.4. The Morgan fingerprint density at radius 1 is 1.23 bits per heavy atom. The largest absolute Gasteiger partial charge is 0.356 e. The number of rotatable bonds is 7. The minimum atomic E-state index is 0. The Balaban J connectivity index is 0.00000220. The summed E-state index contributed by atoms with van der Waals surface area (Å²) >= 11 is 1.62. The highest BCUT2D eigenvalue weighted by Gasteiger charge is 2.05. The summed E-state index contributed by atoms with van der Waals surface area (Å²) in [5.41, 5.74) is 2.04. The molecule has 1 amide bonds. The molecule has 0 bridgehead atoms. The fraction of sp³-hybridized carbons (Fsp3) is 0.357. The maximum absolute atomic E-state index is 11.4. The highest BCUT2D eigenvalue weighted by atomic mass is 35.5. The first-order chi connectivity index (χ1) is 9.79. The van der Waals surface area contributed by atoms with Crippen LogP contribution in [0.25, 0.3) is 11.3 Å². The lowest BCUT2D eigenvalue weighted by molar-refractivity contribution is -0.120. The van der Waals surface area contributed by atoms with E-state index in [9.17, 15) is 4.79 Å². The molecule has 5 nitrogen and oxygen atoms in total. The van der Waals surface area contributed by atoms with E-state index >= 15 is 0 Å². The van der Waals surface area contributed by atoms with Gasteiger partial charge in [0.05, 0.1) is 10.7 Å². The van der Waals surface area contributed by atoms with Gasteiger partial charge in [-0.25, -0.2) is 4.98 Å². The molecule has 0 fully saturated rings. The smallest absolute Gasteiger partial charge is 0.221 e. The number of amides is 1. The van der Waals surface area contributed by atoms with Crippen LogP contribution in [0.4, 0.5) is 0 Å². The summed E-state index contributed by atoms with van der Waals surface area (Å²) in [6, 6.07) is 3.89. The summed E-state index contributed by atoms with van der Waals surface area (Å²) in [6.07, 6.45) is 4.80. The van der Waals surface area contributed by atoms with E-state index in [4.69, 9.17) is 0 Å². The summed E-state index contributed by atoms with van der Waals surface area (Å²) in [7, 11) is 1.84. The number of nitrogens with one attached hydrogen (secondary N) is 2. The zero-order chi connectivity index (χ0) is 14.2. The number of halogens is 2. The lowest BCUT2D eigenvalue weighted by atomic mass is 10.2. The van der Waals surface area contributed by atoms with Crippen molar-refractivity contribution in [2.75, 3.05) is 20.1 Å². The third-order valence-corrected chi connectivity index (χ3v) is 3.70. The fourth-order valence-electron chi connectivity index (χ4n) is 1.72. The Hall–Kier alpha value is -1.21. The van der Waals surface area contributed by atoms with Crippen molar-refractivity contribution < 1.29 is 4.79 Å². The molecule has 0 aliphatic heterocycles. The molecule has 2 heterocycles. The van der Waals surface area contributed by atoms with Crippen molar-refractivity contribution in [2.24, 2.45) is 0 Å². The molecule has 8 heteroatoms. The number of hydrogen-bond donors (Lipinski definition) is 2. The van der Waals surface area contributed by atoms with Gasteiger partial charge in [0, 0.05) is 49.3 Å². The second-order valence-corrected chi connectivity index (χ2v) is 5.26. The maximum Gasteiger partial charge on any atom is 0.221 e. The number of thiazole rings is 1. The van der Waals surface area contributed by atoms with E-state index in [1.54, 1.807) is 23.7 Å². The van der Waals surface area contributed by atoms with Crippen molar-refractivity contribution in [3.63, 3.8) is 0 Å². The van der Waals surface area contributed by atoms with E-state index in [0.717, 1.165) is 22.7 Å². The second kappa shape index (κ2) is 11.4. The van der Waals surface area contributed by atoms with Gasteiger partial charge in [0.15, 0.2) is 0 Å². The predicted molar refractivity (Wildman–Crippen MR) is 95.1 cm³/mol. The van der Waals surface area contributed by atoms with Gasteiger partial charge in [0.25, 0.3) is 0 Å². The lowest BCUT2D eigenvalue weighted by Crippen LogP contribution is -2.28. The van der Waals surface area contributed by atoms with Crippen molar-refractivity contribution in [1.82, 2.24) is 20.6 Å². The predicted octanol–water partition coefficient (Wildman–Crippen LogP) is 2.32. The van der Waals surface area contributed by atoms with Crippen LogP contribution in [0.15, 0.2) is 29.9 Å². The van der Waals surface area contributed by atoms with E-state index in [1.807, 2.05) is 24.6 Å². The standard InChI is InChI=1S/C14H18N4OS.2ClH/c1-15-6-4-13(19)17-9-5-14-18-12(10-20-14)11-2-7-16-8-3-11;;/h2-3,7-8,10,15H,4-6,9H2,1H3,(H,17,19);2*1H. The SMILES string of the molecule is CNCCC(=O)NCCc1nc(-c2ccncc2)cs1.Cl.Cl. The molecule has 0 spiro atoms. The number of hydrogen-bond acceptors (Lipinski definition) is 5. The number of aromatic nitrogens is 2. The molecule has 2 aromatic rings. The molecule has 0 unspecified atom stereocenters. The van der Waals surface area contributed by atoms with Crippen LogP contribution in [-0.4, -0.2) is 36.0 Å². The molecule has 0 radical (unpaired) electrons. The highest BCUT2D eigenvalue weighted by molar-refractivity contribution is 7.09. The van der Waals surface area contributed by atoms with Gasteiger partial charge in [-0.3, -0.25) is 9.78 Å². The summed E-state index contributed by atoms with van der Waals surface area (Å²) in [5, 5.41) is 8.91. The first kappa shape index (κ1) is 20.8. The van der Waals surface area contributed by atoms with Gasteiger partial charge in [-0.1, -0.05) is 0 Å². The number of nitrogens with zero attached hydrogens (tertiary/aromatic N) is 2. The van der Waals surface area contributed by atoms with Crippen LogP contribution in [-0.2, 0) is 11.2 Å². The van der Waals surface area contributed by atoms with Crippen LogP contribution in [0, 0.1) is 0 Å². The second-order valence-electron chi connectivity index (χ2n) is 4.32. The minimum absolute atomic E-state index is 0. The lowest BCUT2D eigenvalue weighted by Gasteiger charge is -2.03. The molecule has 0 saturated heterocycles. The molecule has 22 heavy (non-hydrogen) atoms. The van der Waals surface area contributed by atoms with Crippen molar-refractivity contribution in [3.8, 4) is 11.3 Å². The number of carbonyl (C=O) groups excluding carboxylic acids is 1. The van der Waals surface area contributed by atoms with Crippen molar-refractivity contribution in [1.29, 1.82) is 0 Å². The van der Waals surface area contributed by atoms with E-state index in [0.29, 0.717) is 19.5 Å². The molecule has 0 aliphatic rings. The Morgan fingerprint density at radius 2 is 1.95 bits per heavy atom. The summed E-state index contributed by atoms with van der Waals surface area (Å²) in [4.78, 5) is 20.0. The van der Waals surface area contributed by atoms with Gasteiger partial charge < -0.3 is 10.6 Å². The summed E-state index contributed by atoms with van der Waals surface area (Å²) in [5.74, 6) is 0.0743. The first-order valence-corrected chi connectivity index (χ1v) is 7.43. The third kappa shape index (κ3) is 6.70. The molecule has 0 saturated carbocycles. The van der Waals surface area contributed by atoms with E-state index in [2.05, 4.69) is 20.6 Å². The Labute approximate surface area is 146 Å². The van der Waals surface area contributed by atoms with Gasteiger partial charge in [-0.05, 0) is 19.2 Å². The number of carbonyl (C=O) groups is 1. The monoisotopic (exact) mass is 362 g/mol. The van der Waals surface area contributed by atoms with Crippen molar-refractivity contribution >= 4 is 42.1 Å². The van der Waals surface area contributed by atoms with Crippen LogP contribution in [0.2, 0.25) is 0 Å². The molecular weight excluding hydrogens is 343 g/mol. The highest BCUT2D eigenvalue weighted by Crippen LogP contribution is 2.21. The molecule has 2 rings (SSSR count). The molecular formula is C14H20Cl2N4OS. The third-order valence-electron chi connectivity index (χ3n) is 2.79. The Bertz CT molecular complexity index is 551. The number of pyridine rings is 1. The quantitative estimate of drug-likeness (QED) is 0.792. The van der Waals surface area contributed by atoms with Crippen LogP contribution in [0.1, 0.15) is 11.4 Å². The molecule has 2 N–H and O–H groups in total. The average molecular weight is 363 g/mol. The van der Waals surface area contributed by atoms with E-state index in [-0.39, 0.29) is 30.7 Å². The Kier molecular flexibility index (Phi) is 10.7. The first-order valence-electron chi connectivity index (χ1n) is 6.55. The summed E-state index contributed by atoms with van der Waals surface area (Å²) < 4.78 is 0. The van der Waals surface area contributed by atoms with Gasteiger partial charge in [-0.2, -0.15) is 0 Å². The molecule has 0 atom stereocenters. The minimum Gasteiger partial charge on any atom is -0.356 e. The van der Waals surface area contributed by atoms with Gasteiger partial charge in [-0.15, -0.1) is 36.2 Å². The Morgan fingerprint density at radius 3 is 2.64 bits per heavy atom. The van der Waals surface area contributed by atoms with Crippen LogP contribution in [0.3, 0.4) is 0 Å². The zero-order valence-electron chi connectivity index (χ0n) is 12.2. The van der Waals surface area contributed by atoms with E-state index in [1.165, 1.54) is 0 Å². The molecule has 122 valence electrons. The van der Waals surface area contributed by atoms with E-state index < -0.39 is 0 Å². The van der Waals surface area contributed by atoms with Crippen LogP contribution >= 0.6 is 36.2 Å².